The SMILES string of the molecule is CC(C)c1csc(CNCc2ccoc2)n1. The Morgan fingerprint density at radius 1 is 1.44 bits per heavy atom. The molecule has 0 saturated carbocycles. The number of hydrogen-bond donors (Lipinski definition) is 1. The van der Waals surface area contributed by atoms with Crippen LogP contribution in [0, 0.1) is 0 Å². The second-order valence-electron chi connectivity index (χ2n) is 4.06. The van der Waals surface area contributed by atoms with Crippen molar-refractivity contribution in [2.45, 2.75) is 32.9 Å². The first-order valence-corrected chi connectivity index (χ1v) is 6.30. The third kappa shape index (κ3) is 2.93. The van der Waals surface area contributed by atoms with Crippen LogP contribution in [-0.2, 0) is 13.1 Å². The lowest BCUT2D eigenvalue weighted by Gasteiger charge is -2.00. The number of nitrogens with zero attached hydrogens (tertiary/aromatic N) is 1. The molecule has 0 bridgehead atoms. The molecule has 2 aromatic rings. The Labute approximate surface area is 99.5 Å². The molecule has 0 aromatic carbocycles. The number of rotatable bonds is 5. The minimum Gasteiger partial charge on any atom is -0.472 e. The molecule has 0 radical (unpaired) electrons. The van der Waals surface area contributed by atoms with E-state index in [-0.39, 0.29) is 0 Å². The Morgan fingerprint density at radius 2 is 2.31 bits per heavy atom. The van der Waals surface area contributed by atoms with E-state index < -0.39 is 0 Å². The van der Waals surface area contributed by atoms with Gasteiger partial charge in [0.25, 0.3) is 0 Å². The van der Waals surface area contributed by atoms with E-state index in [0.717, 1.165) is 18.1 Å². The highest BCUT2D eigenvalue weighted by Gasteiger charge is 2.05. The molecule has 0 amide bonds. The van der Waals surface area contributed by atoms with Gasteiger partial charge in [0, 0.05) is 24.0 Å². The summed E-state index contributed by atoms with van der Waals surface area (Å²) < 4.78 is 5.00. The highest BCUT2D eigenvalue weighted by molar-refractivity contribution is 7.09. The van der Waals surface area contributed by atoms with Gasteiger partial charge in [0.2, 0.25) is 0 Å². The summed E-state index contributed by atoms with van der Waals surface area (Å²) in [5.74, 6) is 0.513. The molecule has 0 aliphatic rings. The summed E-state index contributed by atoms with van der Waals surface area (Å²) in [7, 11) is 0. The third-order valence-electron chi connectivity index (χ3n) is 2.35. The maximum absolute atomic E-state index is 5.00. The first kappa shape index (κ1) is 11.4. The first-order valence-electron chi connectivity index (χ1n) is 5.42. The van der Waals surface area contributed by atoms with Crippen molar-refractivity contribution in [3.05, 3.63) is 40.2 Å². The second kappa shape index (κ2) is 5.27. The molecule has 16 heavy (non-hydrogen) atoms. The fourth-order valence-electron chi connectivity index (χ4n) is 1.38. The molecule has 4 heteroatoms. The van der Waals surface area contributed by atoms with Crippen LogP contribution in [-0.4, -0.2) is 4.98 Å². The van der Waals surface area contributed by atoms with E-state index in [2.05, 4.69) is 29.5 Å². The number of hydrogen-bond acceptors (Lipinski definition) is 4. The van der Waals surface area contributed by atoms with Crippen molar-refractivity contribution < 1.29 is 4.42 Å². The van der Waals surface area contributed by atoms with Gasteiger partial charge in [-0.3, -0.25) is 0 Å². The van der Waals surface area contributed by atoms with Gasteiger partial charge < -0.3 is 9.73 Å². The maximum Gasteiger partial charge on any atom is 0.107 e. The molecule has 2 rings (SSSR count). The number of furan rings is 1. The molecular formula is C12H16N2OS. The molecule has 3 nitrogen and oxygen atoms in total. The summed E-state index contributed by atoms with van der Waals surface area (Å²) in [5.41, 5.74) is 2.35. The quantitative estimate of drug-likeness (QED) is 0.866. The van der Waals surface area contributed by atoms with Crippen LogP contribution in [0.2, 0.25) is 0 Å². The van der Waals surface area contributed by atoms with Crippen LogP contribution < -0.4 is 5.32 Å². The zero-order chi connectivity index (χ0) is 11.4. The third-order valence-corrected chi connectivity index (χ3v) is 3.21. The van der Waals surface area contributed by atoms with Gasteiger partial charge >= 0.3 is 0 Å². The number of thiazole rings is 1. The zero-order valence-electron chi connectivity index (χ0n) is 9.56. The molecule has 0 spiro atoms. The largest absolute Gasteiger partial charge is 0.472 e. The summed E-state index contributed by atoms with van der Waals surface area (Å²) in [6.07, 6.45) is 3.45. The van der Waals surface area contributed by atoms with Crippen LogP contribution in [0.5, 0.6) is 0 Å². The highest BCUT2D eigenvalue weighted by Crippen LogP contribution is 2.17. The van der Waals surface area contributed by atoms with Gasteiger partial charge in [-0.15, -0.1) is 11.3 Å². The highest BCUT2D eigenvalue weighted by atomic mass is 32.1. The molecule has 1 N–H and O–H groups in total. The van der Waals surface area contributed by atoms with Crippen molar-refractivity contribution >= 4 is 11.3 Å². The smallest absolute Gasteiger partial charge is 0.107 e. The van der Waals surface area contributed by atoms with Gasteiger partial charge in [-0.05, 0) is 12.0 Å². The standard InChI is InChI=1S/C12H16N2OS/c1-9(2)11-8-16-12(14-11)6-13-5-10-3-4-15-7-10/h3-4,7-9,13H,5-6H2,1-2H3. The van der Waals surface area contributed by atoms with Crippen molar-refractivity contribution in [1.29, 1.82) is 0 Å². The normalized spacial score (nSPS) is 11.2. The molecule has 2 aromatic heterocycles. The van der Waals surface area contributed by atoms with Gasteiger partial charge in [-0.25, -0.2) is 4.98 Å². The predicted molar refractivity (Wildman–Crippen MR) is 65.5 cm³/mol. The average molecular weight is 236 g/mol. The lowest BCUT2D eigenvalue weighted by molar-refractivity contribution is 0.560. The van der Waals surface area contributed by atoms with E-state index in [0.29, 0.717) is 5.92 Å². The minimum absolute atomic E-state index is 0.513. The van der Waals surface area contributed by atoms with Crippen molar-refractivity contribution in [1.82, 2.24) is 10.3 Å². The van der Waals surface area contributed by atoms with E-state index in [4.69, 9.17) is 4.42 Å². The van der Waals surface area contributed by atoms with Crippen molar-refractivity contribution in [2.24, 2.45) is 0 Å². The van der Waals surface area contributed by atoms with E-state index in [1.807, 2.05) is 6.07 Å². The van der Waals surface area contributed by atoms with Gasteiger partial charge in [-0.1, -0.05) is 13.8 Å². The average Bonchev–Trinajstić information content (AvgIpc) is 2.87. The Morgan fingerprint density at radius 3 is 2.94 bits per heavy atom. The Balaban J connectivity index is 1.81. The Kier molecular flexibility index (Phi) is 3.74. The molecule has 0 aliphatic carbocycles. The Bertz CT molecular complexity index is 420. The summed E-state index contributed by atoms with van der Waals surface area (Å²) >= 11 is 1.72. The molecule has 0 aliphatic heterocycles. The lowest BCUT2D eigenvalue weighted by atomic mass is 10.2. The van der Waals surface area contributed by atoms with Gasteiger partial charge in [0.1, 0.15) is 5.01 Å². The van der Waals surface area contributed by atoms with Crippen molar-refractivity contribution in [3.8, 4) is 0 Å². The summed E-state index contributed by atoms with van der Waals surface area (Å²) in [6.45, 7) is 5.98. The molecule has 0 fully saturated rings. The van der Waals surface area contributed by atoms with Crippen LogP contribution in [0.15, 0.2) is 28.4 Å². The fraction of sp³-hybridized carbons (Fsp3) is 0.417. The van der Waals surface area contributed by atoms with E-state index in [1.54, 1.807) is 23.9 Å². The zero-order valence-corrected chi connectivity index (χ0v) is 10.4. The van der Waals surface area contributed by atoms with Gasteiger partial charge in [0.15, 0.2) is 0 Å². The van der Waals surface area contributed by atoms with E-state index in [9.17, 15) is 0 Å². The van der Waals surface area contributed by atoms with Crippen molar-refractivity contribution in [2.75, 3.05) is 0 Å². The Hall–Kier alpha value is -1.13. The summed E-state index contributed by atoms with van der Waals surface area (Å²) in [4.78, 5) is 4.56. The van der Waals surface area contributed by atoms with Crippen LogP contribution >= 0.6 is 11.3 Å². The van der Waals surface area contributed by atoms with Crippen LogP contribution in [0.1, 0.15) is 36.0 Å². The van der Waals surface area contributed by atoms with E-state index in [1.165, 1.54) is 11.3 Å². The monoisotopic (exact) mass is 236 g/mol. The summed E-state index contributed by atoms with van der Waals surface area (Å²) in [5, 5.41) is 6.63. The second-order valence-corrected chi connectivity index (χ2v) is 5.00. The first-order chi connectivity index (χ1) is 7.75. The van der Waals surface area contributed by atoms with Crippen LogP contribution in [0.3, 0.4) is 0 Å². The van der Waals surface area contributed by atoms with Crippen molar-refractivity contribution in [3.63, 3.8) is 0 Å². The lowest BCUT2D eigenvalue weighted by Crippen LogP contribution is -2.11. The number of aromatic nitrogens is 1. The maximum atomic E-state index is 5.00. The number of nitrogens with one attached hydrogen (secondary N) is 1. The molecule has 86 valence electrons. The van der Waals surface area contributed by atoms with Gasteiger partial charge in [0.05, 0.1) is 18.2 Å². The van der Waals surface area contributed by atoms with Gasteiger partial charge in [-0.2, -0.15) is 0 Å². The van der Waals surface area contributed by atoms with Crippen LogP contribution in [0.25, 0.3) is 0 Å². The molecule has 0 saturated heterocycles. The molecule has 2 heterocycles. The fourth-order valence-corrected chi connectivity index (χ4v) is 2.30. The molecular weight excluding hydrogens is 220 g/mol. The molecule has 0 atom stereocenters. The predicted octanol–water partition coefficient (Wildman–Crippen LogP) is 3.15. The van der Waals surface area contributed by atoms with E-state index >= 15 is 0 Å². The molecule has 0 unspecified atom stereocenters. The topological polar surface area (TPSA) is 38.1 Å². The van der Waals surface area contributed by atoms with Crippen LogP contribution in [0.4, 0.5) is 0 Å². The minimum atomic E-state index is 0.513. The summed E-state index contributed by atoms with van der Waals surface area (Å²) in [6, 6.07) is 1.97.